The highest BCUT2D eigenvalue weighted by Gasteiger charge is 2.16. The van der Waals surface area contributed by atoms with Crippen molar-refractivity contribution in [2.45, 2.75) is 6.42 Å². The van der Waals surface area contributed by atoms with Gasteiger partial charge in [0.2, 0.25) is 5.95 Å². The standard InChI is InChI=1S/C17H18N6O2/c1-24-14-5-10(3-11-8-22-17(19)23-16(11)18)4-13(15(14)25-2)12-6-20-9-21-7-12/h4-9H,3H2,1-2H3,(H4,18,19,22,23). The lowest BCUT2D eigenvalue weighted by molar-refractivity contribution is 0.356. The number of nitrogen functional groups attached to an aromatic ring is 2. The number of hydrogen-bond donors (Lipinski definition) is 2. The van der Waals surface area contributed by atoms with Crippen LogP contribution in [-0.4, -0.2) is 34.2 Å². The highest BCUT2D eigenvalue weighted by molar-refractivity contribution is 5.74. The van der Waals surface area contributed by atoms with Gasteiger partial charge in [0.1, 0.15) is 12.1 Å². The number of rotatable bonds is 5. The summed E-state index contributed by atoms with van der Waals surface area (Å²) >= 11 is 0. The lowest BCUT2D eigenvalue weighted by Crippen LogP contribution is -2.04. The molecule has 128 valence electrons. The van der Waals surface area contributed by atoms with Gasteiger partial charge in [-0.2, -0.15) is 4.98 Å². The van der Waals surface area contributed by atoms with Crippen molar-refractivity contribution in [3.8, 4) is 22.6 Å². The third-order valence-electron chi connectivity index (χ3n) is 3.72. The molecule has 0 aliphatic heterocycles. The van der Waals surface area contributed by atoms with Crippen molar-refractivity contribution in [1.29, 1.82) is 0 Å². The van der Waals surface area contributed by atoms with Crippen molar-refractivity contribution < 1.29 is 9.47 Å². The predicted octanol–water partition coefficient (Wildman–Crippen LogP) is 1.71. The van der Waals surface area contributed by atoms with Crippen LogP contribution >= 0.6 is 0 Å². The number of nitrogens with two attached hydrogens (primary N) is 2. The smallest absolute Gasteiger partial charge is 0.221 e. The summed E-state index contributed by atoms with van der Waals surface area (Å²) in [5.41, 5.74) is 14.9. The summed E-state index contributed by atoms with van der Waals surface area (Å²) in [4.78, 5) is 16.1. The molecule has 25 heavy (non-hydrogen) atoms. The second-order valence-electron chi connectivity index (χ2n) is 5.32. The molecule has 3 rings (SSSR count). The molecule has 2 heterocycles. The van der Waals surface area contributed by atoms with Crippen LogP contribution in [0.3, 0.4) is 0 Å². The maximum Gasteiger partial charge on any atom is 0.221 e. The van der Waals surface area contributed by atoms with Crippen LogP contribution in [-0.2, 0) is 6.42 Å². The molecule has 2 aromatic heterocycles. The Bertz CT molecular complexity index is 886. The zero-order valence-electron chi connectivity index (χ0n) is 13.9. The zero-order valence-corrected chi connectivity index (χ0v) is 13.9. The van der Waals surface area contributed by atoms with Gasteiger partial charge in [-0.25, -0.2) is 15.0 Å². The van der Waals surface area contributed by atoms with E-state index in [0.29, 0.717) is 23.7 Å². The predicted molar refractivity (Wildman–Crippen MR) is 94.2 cm³/mol. The molecule has 0 spiro atoms. The first-order valence-electron chi connectivity index (χ1n) is 7.49. The van der Waals surface area contributed by atoms with E-state index in [1.54, 1.807) is 32.8 Å². The molecule has 0 aliphatic rings. The van der Waals surface area contributed by atoms with Crippen LogP contribution in [0.25, 0.3) is 11.1 Å². The quantitative estimate of drug-likeness (QED) is 0.721. The van der Waals surface area contributed by atoms with Crippen LogP contribution in [0.15, 0.2) is 37.1 Å². The fourth-order valence-corrected chi connectivity index (χ4v) is 2.57. The first kappa shape index (κ1) is 16.4. The summed E-state index contributed by atoms with van der Waals surface area (Å²) in [7, 11) is 3.18. The Morgan fingerprint density at radius 3 is 2.40 bits per heavy atom. The van der Waals surface area contributed by atoms with E-state index < -0.39 is 0 Å². The van der Waals surface area contributed by atoms with Gasteiger partial charge in [0, 0.05) is 41.7 Å². The third-order valence-corrected chi connectivity index (χ3v) is 3.72. The first-order chi connectivity index (χ1) is 12.1. The van der Waals surface area contributed by atoms with Crippen molar-refractivity contribution in [3.63, 3.8) is 0 Å². The second kappa shape index (κ2) is 7.00. The monoisotopic (exact) mass is 338 g/mol. The molecule has 0 fully saturated rings. The van der Waals surface area contributed by atoms with Gasteiger partial charge in [-0.3, -0.25) is 0 Å². The molecule has 0 amide bonds. The van der Waals surface area contributed by atoms with Gasteiger partial charge in [0.15, 0.2) is 11.5 Å². The summed E-state index contributed by atoms with van der Waals surface area (Å²) < 4.78 is 11.0. The van der Waals surface area contributed by atoms with Crippen LogP contribution in [0, 0.1) is 0 Å². The molecular formula is C17H18N6O2. The van der Waals surface area contributed by atoms with Gasteiger partial charge >= 0.3 is 0 Å². The summed E-state index contributed by atoms with van der Waals surface area (Å²) in [5.74, 6) is 1.72. The summed E-state index contributed by atoms with van der Waals surface area (Å²) in [5, 5.41) is 0. The Balaban J connectivity index is 2.08. The lowest BCUT2D eigenvalue weighted by atomic mass is 9.99. The molecular weight excluding hydrogens is 320 g/mol. The molecule has 8 heteroatoms. The van der Waals surface area contributed by atoms with E-state index in [1.807, 2.05) is 12.1 Å². The fraction of sp³-hybridized carbons (Fsp3) is 0.176. The Morgan fingerprint density at radius 1 is 1.00 bits per heavy atom. The first-order valence-corrected chi connectivity index (χ1v) is 7.49. The van der Waals surface area contributed by atoms with Crippen LogP contribution < -0.4 is 20.9 Å². The molecule has 0 aliphatic carbocycles. The topological polar surface area (TPSA) is 122 Å². The van der Waals surface area contributed by atoms with E-state index in [9.17, 15) is 0 Å². The molecule has 8 nitrogen and oxygen atoms in total. The SMILES string of the molecule is COc1cc(Cc2cnc(N)nc2N)cc(-c2cncnc2)c1OC. The minimum Gasteiger partial charge on any atom is -0.493 e. The lowest BCUT2D eigenvalue weighted by Gasteiger charge is -2.15. The number of ether oxygens (including phenoxy) is 2. The summed E-state index contributed by atoms with van der Waals surface area (Å²) in [6.45, 7) is 0. The molecule has 3 aromatic rings. The molecule has 0 bridgehead atoms. The number of anilines is 2. The van der Waals surface area contributed by atoms with Crippen molar-refractivity contribution in [3.05, 3.63) is 48.2 Å². The fourth-order valence-electron chi connectivity index (χ4n) is 2.57. The Hall–Kier alpha value is -3.42. The van der Waals surface area contributed by atoms with Gasteiger partial charge in [0.25, 0.3) is 0 Å². The van der Waals surface area contributed by atoms with Crippen LogP contribution in [0.2, 0.25) is 0 Å². The summed E-state index contributed by atoms with van der Waals surface area (Å²) in [6.07, 6.45) is 7.06. The number of benzene rings is 1. The molecule has 0 atom stereocenters. The van der Waals surface area contributed by atoms with E-state index in [2.05, 4.69) is 19.9 Å². The number of methoxy groups -OCH3 is 2. The maximum atomic E-state index is 5.94. The largest absolute Gasteiger partial charge is 0.493 e. The van der Waals surface area contributed by atoms with Gasteiger partial charge in [-0.05, 0) is 17.7 Å². The zero-order chi connectivity index (χ0) is 17.8. The van der Waals surface area contributed by atoms with Gasteiger partial charge < -0.3 is 20.9 Å². The highest BCUT2D eigenvalue weighted by atomic mass is 16.5. The van der Waals surface area contributed by atoms with Crippen LogP contribution in [0.5, 0.6) is 11.5 Å². The van der Waals surface area contributed by atoms with E-state index in [4.69, 9.17) is 20.9 Å². The van der Waals surface area contributed by atoms with Crippen molar-refractivity contribution in [2.24, 2.45) is 0 Å². The third kappa shape index (κ3) is 3.42. The molecule has 0 saturated carbocycles. The molecule has 1 aromatic carbocycles. The Kier molecular flexibility index (Phi) is 4.60. The minimum atomic E-state index is 0.149. The van der Waals surface area contributed by atoms with Crippen LogP contribution in [0.1, 0.15) is 11.1 Å². The number of aromatic nitrogens is 4. The molecule has 0 saturated heterocycles. The average molecular weight is 338 g/mol. The maximum absolute atomic E-state index is 5.94. The second-order valence-corrected chi connectivity index (χ2v) is 5.32. The number of hydrogen-bond acceptors (Lipinski definition) is 8. The Labute approximate surface area is 144 Å². The average Bonchev–Trinajstić information content (AvgIpc) is 2.64. The molecule has 0 unspecified atom stereocenters. The van der Waals surface area contributed by atoms with Crippen molar-refractivity contribution in [1.82, 2.24) is 19.9 Å². The molecule has 4 N–H and O–H groups in total. The Morgan fingerprint density at radius 2 is 1.76 bits per heavy atom. The van der Waals surface area contributed by atoms with E-state index >= 15 is 0 Å². The number of nitrogens with zero attached hydrogens (tertiary/aromatic N) is 4. The van der Waals surface area contributed by atoms with Gasteiger partial charge in [0.05, 0.1) is 14.2 Å². The van der Waals surface area contributed by atoms with Gasteiger partial charge in [-0.15, -0.1) is 0 Å². The van der Waals surface area contributed by atoms with E-state index in [0.717, 1.165) is 22.3 Å². The minimum absolute atomic E-state index is 0.149. The van der Waals surface area contributed by atoms with Gasteiger partial charge in [-0.1, -0.05) is 0 Å². The summed E-state index contributed by atoms with van der Waals surface area (Å²) in [6, 6.07) is 3.87. The van der Waals surface area contributed by atoms with Crippen molar-refractivity contribution >= 4 is 11.8 Å². The van der Waals surface area contributed by atoms with E-state index in [1.165, 1.54) is 6.33 Å². The van der Waals surface area contributed by atoms with Crippen LogP contribution in [0.4, 0.5) is 11.8 Å². The van der Waals surface area contributed by atoms with E-state index in [-0.39, 0.29) is 5.95 Å². The highest BCUT2D eigenvalue weighted by Crippen LogP contribution is 2.39. The normalized spacial score (nSPS) is 10.5. The van der Waals surface area contributed by atoms with Crippen molar-refractivity contribution in [2.75, 3.05) is 25.7 Å². The molecule has 0 radical (unpaired) electrons.